The second-order valence-electron chi connectivity index (χ2n) is 18.7. The highest BCUT2D eigenvalue weighted by molar-refractivity contribution is 5.76. The van der Waals surface area contributed by atoms with Crippen molar-refractivity contribution in [3.8, 4) is 0 Å². The molecule has 0 saturated carbocycles. The minimum atomic E-state index is -1.55. The van der Waals surface area contributed by atoms with Gasteiger partial charge in [0.2, 0.25) is 5.91 Å². The molecule has 0 aromatic heterocycles. The fraction of sp³-hybridized carbons (Fsp3) is 0.942. The molecule has 7 atom stereocenters. The van der Waals surface area contributed by atoms with Crippen LogP contribution in [0.15, 0.2) is 12.2 Å². The molecule has 1 amide bonds. The van der Waals surface area contributed by atoms with Gasteiger partial charge in [0.25, 0.3) is 0 Å². The van der Waals surface area contributed by atoms with Crippen molar-refractivity contribution in [1.82, 2.24) is 5.32 Å². The van der Waals surface area contributed by atoms with Crippen molar-refractivity contribution in [2.45, 2.75) is 301 Å². The lowest BCUT2D eigenvalue weighted by Crippen LogP contribution is -2.60. The Morgan fingerprint density at radius 1 is 0.541 bits per heavy atom. The van der Waals surface area contributed by atoms with E-state index in [0.717, 1.165) is 38.5 Å². The lowest BCUT2D eigenvalue weighted by molar-refractivity contribution is -0.302. The normalized spacial score (nSPS) is 20.4. The number of carbonyl (C=O) groups is 1. The zero-order valence-electron chi connectivity index (χ0n) is 39.9. The SMILES string of the molecule is CCCCCCCCCC/C=C\CCCCCCCCCCCC(=O)NC(COC1OC(CO)C(O)C(O)C1O)C(O)CCCCCCCCCCCCCCCCCCC. The summed E-state index contributed by atoms with van der Waals surface area (Å²) in [6.07, 6.45) is 43.6. The molecule has 0 bridgehead atoms. The number of nitrogens with one attached hydrogen (secondary N) is 1. The Balaban J connectivity index is 2.25. The summed E-state index contributed by atoms with van der Waals surface area (Å²) in [6.45, 7) is 3.86. The molecule has 6 N–H and O–H groups in total. The van der Waals surface area contributed by atoms with Gasteiger partial charge in [-0.15, -0.1) is 0 Å². The molecule has 1 fully saturated rings. The van der Waals surface area contributed by atoms with Crippen LogP contribution in [0, 0.1) is 0 Å². The van der Waals surface area contributed by atoms with Crippen LogP contribution >= 0.6 is 0 Å². The summed E-state index contributed by atoms with van der Waals surface area (Å²) in [6, 6.07) is -0.716. The van der Waals surface area contributed by atoms with Gasteiger partial charge in [0.15, 0.2) is 6.29 Å². The highest BCUT2D eigenvalue weighted by atomic mass is 16.7. The first-order valence-corrected chi connectivity index (χ1v) is 26.4. The summed E-state index contributed by atoms with van der Waals surface area (Å²) in [4.78, 5) is 13.0. The van der Waals surface area contributed by atoms with Crippen molar-refractivity contribution in [1.29, 1.82) is 0 Å². The maximum Gasteiger partial charge on any atom is 0.220 e. The molecule has 0 aliphatic carbocycles. The van der Waals surface area contributed by atoms with E-state index in [1.807, 2.05) is 0 Å². The van der Waals surface area contributed by atoms with Crippen molar-refractivity contribution >= 4 is 5.91 Å². The number of carbonyl (C=O) groups excluding carboxylic acids is 1. The minimum Gasteiger partial charge on any atom is -0.394 e. The zero-order valence-corrected chi connectivity index (χ0v) is 39.9. The van der Waals surface area contributed by atoms with Gasteiger partial charge in [0, 0.05) is 6.42 Å². The van der Waals surface area contributed by atoms with Crippen molar-refractivity contribution in [2.24, 2.45) is 0 Å². The van der Waals surface area contributed by atoms with E-state index in [9.17, 15) is 30.3 Å². The zero-order chi connectivity index (χ0) is 44.4. The van der Waals surface area contributed by atoms with Gasteiger partial charge in [0.05, 0.1) is 25.4 Å². The molecule has 1 rings (SSSR count). The molecule has 9 heteroatoms. The average Bonchev–Trinajstić information content (AvgIpc) is 3.26. The van der Waals surface area contributed by atoms with Crippen LogP contribution in [0.2, 0.25) is 0 Å². The number of rotatable bonds is 45. The van der Waals surface area contributed by atoms with Gasteiger partial charge in [-0.25, -0.2) is 0 Å². The predicted octanol–water partition coefficient (Wildman–Crippen LogP) is 12.1. The maximum atomic E-state index is 13.0. The molecular weight excluding hydrogens is 767 g/mol. The van der Waals surface area contributed by atoms with Crippen molar-refractivity contribution < 1.29 is 39.8 Å². The smallest absolute Gasteiger partial charge is 0.220 e. The number of hydrogen-bond donors (Lipinski definition) is 6. The molecule has 1 heterocycles. The number of allylic oxidation sites excluding steroid dienone is 2. The van der Waals surface area contributed by atoms with Crippen LogP contribution in [0.3, 0.4) is 0 Å². The van der Waals surface area contributed by atoms with E-state index >= 15 is 0 Å². The number of aliphatic hydroxyl groups is 5. The molecule has 0 spiro atoms. The van der Waals surface area contributed by atoms with E-state index in [4.69, 9.17) is 9.47 Å². The van der Waals surface area contributed by atoms with Gasteiger partial charge < -0.3 is 40.3 Å². The lowest BCUT2D eigenvalue weighted by Gasteiger charge is -2.40. The van der Waals surface area contributed by atoms with Gasteiger partial charge >= 0.3 is 0 Å². The highest BCUT2D eigenvalue weighted by Crippen LogP contribution is 2.23. The van der Waals surface area contributed by atoms with Crippen molar-refractivity contribution in [2.75, 3.05) is 13.2 Å². The summed E-state index contributed by atoms with van der Waals surface area (Å²) < 4.78 is 11.3. The van der Waals surface area contributed by atoms with Crippen molar-refractivity contribution in [3.63, 3.8) is 0 Å². The Hall–Kier alpha value is -1.07. The number of ether oxygens (including phenoxy) is 2. The first-order chi connectivity index (χ1) is 29.8. The van der Waals surface area contributed by atoms with Crippen LogP contribution in [0.1, 0.15) is 258 Å². The van der Waals surface area contributed by atoms with Gasteiger partial charge in [-0.2, -0.15) is 0 Å². The molecule has 1 aliphatic heterocycles. The maximum absolute atomic E-state index is 13.0. The Bertz CT molecular complexity index is 966. The molecule has 362 valence electrons. The third kappa shape index (κ3) is 33.1. The van der Waals surface area contributed by atoms with E-state index in [2.05, 4.69) is 31.3 Å². The summed E-state index contributed by atoms with van der Waals surface area (Å²) in [5.41, 5.74) is 0. The number of unbranched alkanes of at least 4 members (excludes halogenated alkanes) is 33. The quantitative estimate of drug-likeness (QED) is 0.0262. The average molecular weight is 868 g/mol. The Morgan fingerprint density at radius 2 is 0.918 bits per heavy atom. The molecule has 0 aromatic carbocycles. The van der Waals surface area contributed by atoms with E-state index in [1.165, 1.54) is 193 Å². The standard InChI is InChI=1S/C52H101NO8/c1-3-5-7-9-11-13-15-17-19-21-22-23-24-26-28-30-32-34-36-38-40-42-48(56)53-45(44-60-52-51(59)50(58)49(57)47(43-54)61-52)46(55)41-39-37-35-33-31-29-27-25-20-18-16-14-12-10-8-6-4-2/h21-22,45-47,49-52,54-55,57-59H,3-20,23-44H2,1-2H3,(H,53,56)/b22-21-. The second-order valence-corrected chi connectivity index (χ2v) is 18.7. The molecule has 9 nitrogen and oxygen atoms in total. The first-order valence-electron chi connectivity index (χ1n) is 26.4. The van der Waals surface area contributed by atoms with Crippen LogP contribution in [-0.2, 0) is 14.3 Å². The number of amides is 1. The van der Waals surface area contributed by atoms with Gasteiger partial charge in [-0.3, -0.25) is 4.79 Å². The Kier molecular flexibility index (Phi) is 40.7. The van der Waals surface area contributed by atoms with Crippen LogP contribution in [-0.4, -0.2) is 87.5 Å². The van der Waals surface area contributed by atoms with Crippen molar-refractivity contribution in [3.05, 3.63) is 12.2 Å². The first kappa shape index (κ1) is 57.9. The van der Waals surface area contributed by atoms with Gasteiger partial charge in [-0.05, 0) is 38.5 Å². The van der Waals surface area contributed by atoms with Crippen LogP contribution in [0.5, 0.6) is 0 Å². The number of aliphatic hydroxyl groups excluding tert-OH is 5. The summed E-state index contributed by atoms with van der Waals surface area (Å²) >= 11 is 0. The minimum absolute atomic E-state index is 0.135. The second kappa shape index (κ2) is 42.9. The third-order valence-electron chi connectivity index (χ3n) is 12.9. The summed E-state index contributed by atoms with van der Waals surface area (Å²) in [5, 5.41) is 54.5. The summed E-state index contributed by atoms with van der Waals surface area (Å²) in [5.74, 6) is -0.143. The predicted molar refractivity (Wildman–Crippen MR) is 254 cm³/mol. The van der Waals surface area contributed by atoms with Crippen LogP contribution < -0.4 is 5.32 Å². The lowest BCUT2D eigenvalue weighted by atomic mass is 9.99. The fourth-order valence-electron chi connectivity index (χ4n) is 8.63. The molecule has 0 radical (unpaired) electrons. The van der Waals surface area contributed by atoms with E-state index in [-0.39, 0.29) is 12.5 Å². The molecule has 0 aromatic rings. The van der Waals surface area contributed by atoms with E-state index in [1.54, 1.807) is 0 Å². The van der Waals surface area contributed by atoms with Gasteiger partial charge in [0.1, 0.15) is 24.4 Å². The molecule has 7 unspecified atom stereocenters. The monoisotopic (exact) mass is 868 g/mol. The molecular formula is C52H101NO8. The largest absolute Gasteiger partial charge is 0.394 e. The Labute approximate surface area is 376 Å². The molecule has 61 heavy (non-hydrogen) atoms. The summed E-state index contributed by atoms with van der Waals surface area (Å²) in [7, 11) is 0. The van der Waals surface area contributed by atoms with E-state index < -0.39 is 49.5 Å². The topological polar surface area (TPSA) is 149 Å². The molecule has 1 aliphatic rings. The highest BCUT2D eigenvalue weighted by Gasteiger charge is 2.44. The number of hydrogen-bond acceptors (Lipinski definition) is 8. The van der Waals surface area contributed by atoms with Gasteiger partial charge in [-0.1, -0.05) is 225 Å². The fourth-order valence-corrected chi connectivity index (χ4v) is 8.63. The molecule has 1 saturated heterocycles. The van der Waals surface area contributed by atoms with Crippen LogP contribution in [0.25, 0.3) is 0 Å². The van der Waals surface area contributed by atoms with E-state index in [0.29, 0.717) is 12.8 Å². The third-order valence-corrected chi connectivity index (χ3v) is 12.9. The Morgan fingerprint density at radius 3 is 1.33 bits per heavy atom. The van der Waals surface area contributed by atoms with Crippen LogP contribution in [0.4, 0.5) is 0 Å².